The SMILES string of the molecule is Cc1cc2ncc3[nH]c(=O)n(Cc4ccc(S(N)(=O)=O)cc4)c3c2cn1. The highest BCUT2D eigenvalue weighted by atomic mass is 32.2. The van der Waals surface area contributed by atoms with Crippen molar-refractivity contribution in [1.82, 2.24) is 19.5 Å². The summed E-state index contributed by atoms with van der Waals surface area (Å²) in [5.74, 6) is 0. The number of aryl methyl sites for hydroxylation is 1. The Labute approximate surface area is 148 Å². The normalized spacial score (nSPS) is 12.1. The van der Waals surface area contributed by atoms with E-state index in [2.05, 4.69) is 15.0 Å². The molecule has 0 spiro atoms. The van der Waals surface area contributed by atoms with Crippen LogP contribution in [0.3, 0.4) is 0 Å². The molecule has 0 aliphatic heterocycles. The number of aromatic amines is 1. The zero-order valence-electron chi connectivity index (χ0n) is 13.8. The van der Waals surface area contributed by atoms with Gasteiger partial charge in [-0.15, -0.1) is 0 Å². The molecule has 0 saturated heterocycles. The minimum absolute atomic E-state index is 0.0295. The lowest BCUT2D eigenvalue weighted by molar-refractivity contribution is 0.597. The number of imidazole rings is 1. The van der Waals surface area contributed by atoms with Crippen LogP contribution in [0.1, 0.15) is 11.3 Å². The molecule has 0 amide bonds. The van der Waals surface area contributed by atoms with Crippen LogP contribution in [-0.4, -0.2) is 27.9 Å². The van der Waals surface area contributed by atoms with Crippen LogP contribution in [0.2, 0.25) is 0 Å². The lowest BCUT2D eigenvalue weighted by Gasteiger charge is -2.07. The van der Waals surface area contributed by atoms with Gasteiger partial charge in [0.05, 0.1) is 34.2 Å². The molecule has 1 aromatic carbocycles. The number of aromatic nitrogens is 4. The number of nitrogens with two attached hydrogens (primary N) is 1. The first-order valence-corrected chi connectivity index (χ1v) is 9.33. The molecule has 0 aliphatic carbocycles. The Morgan fingerprint density at radius 2 is 1.88 bits per heavy atom. The fourth-order valence-corrected chi connectivity index (χ4v) is 3.47. The van der Waals surface area contributed by atoms with Crippen molar-refractivity contribution in [2.24, 2.45) is 5.14 Å². The summed E-state index contributed by atoms with van der Waals surface area (Å²) in [5, 5.41) is 5.88. The maximum absolute atomic E-state index is 12.4. The zero-order valence-corrected chi connectivity index (χ0v) is 14.6. The van der Waals surface area contributed by atoms with Gasteiger partial charge in [0.2, 0.25) is 10.0 Å². The van der Waals surface area contributed by atoms with E-state index in [1.807, 2.05) is 13.0 Å². The highest BCUT2D eigenvalue weighted by Crippen LogP contribution is 2.22. The minimum atomic E-state index is -3.75. The van der Waals surface area contributed by atoms with E-state index in [0.717, 1.165) is 22.2 Å². The second-order valence-electron chi connectivity index (χ2n) is 6.07. The summed E-state index contributed by atoms with van der Waals surface area (Å²) in [6.45, 7) is 2.15. The maximum atomic E-state index is 12.4. The van der Waals surface area contributed by atoms with Gasteiger partial charge in [0.15, 0.2) is 0 Å². The van der Waals surface area contributed by atoms with Gasteiger partial charge in [-0.25, -0.2) is 18.4 Å². The Kier molecular flexibility index (Phi) is 3.63. The van der Waals surface area contributed by atoms with Gasteiger partial charge in [-0.3, -0.25) is 14.5 Å². The molecule has 3 N–H and O–H groups in total. The van der Waals surface area contributed by atoms with Crippen molar-refractivity contribution in [3.8, 4) is 0 Å². The van der Waals surface area contributed by atoms with Gasteiger partial charge in [0, 0.05) is 17.3 Å². The molecule has 3 aromatic heterocycles. The van der Waals surface area contributed by atoms with Crippen LogP contribution in [0.5, 0.6) is 0 Å². The first kappa shape index (κ1) is 16.4. The smallest absolute Gasteiger partial charge is 0.304 e. The van der Waals surface area contributed by atoms with E-state index in [0.29, 0.717) is 11.0 Å². The third kappa shape index (κ3) is 2.76. The van der Waals surface area contributed by atoms with E-state index in [9.17, 15) is 13.2 Å². The summed E-state index contributed by atoms with van der Waals surface area (Å²) < 4.78 is 24.3. The number of hydrogen-bond donors (Lipinski definition) is 2. The molecule has 4 aromatic rings. The maximum Gasteiger partial charge on any atom is 0.326 e. The van der Waals surface area contributed by atoms with Gasteiger partial charge in [-0.05, 0) is 30.7 Å². The average molecular weight is 369 g/mol. The summed E-state index contributed by atoms with van der Waals surface area (Å²) in [4.78, 5) is 23.9. The second-order valence-corrected chi connectivity index (χ2v) is 7.63. The van der Waals surface area contributed by atoms with Crippen molar-refractivity contribution >= 4 is 32.0 Å². The Balaban J connectivity index is 1.86. The molecule has 0 unspecified atom stereocenters. The zero-order chi connectivity index (χ0) is 18.5. The average Bonchev–Trinajstić information content (AvgIpc) is 2.90. The van der Waals surface area contributed by atoms with E-state index >= 15 is 0 Å². The molecule has 9 heteroatoms. The predicted octanol–water partition coefficient (Wildman–Crippen LogP) is 1.28. The number of nitrogens with zero attached hydrogens (tertiary/aromatic N) is 3. The molecule has 132 valence electrons. The number of primary sulfonamides is 1. The van der Waals surface area contributed by atoms with Crippen molar-refractivity contribution in [1.29, 1.82) is 0 Å². The van der Waals surface area contributed by atoms with E-state index in [1.165, 1.54) is 12.1 Å². The second kappa shape index (κ2) is 5.75. The van der Waals surface area contributed by atoms with Gasteiger partial charge in [-0.2, -0.15) is 0 Å². The van der Waals surface area contributed by atoms with Gasteiger partial charge in [-0.1, -0.05) is 12.1 Å². The van der Waals surface area contributed by atoms with E-state index in [4.69, 9.17) is 5.14 Å². The van der Waals surface area contributed by atoms with Crippen LogP contribution in [0.15, 0.2) is 52.4 Å². The number of sulfonamides is 1. The number of nitrogens with one attached hydrogen (secondary N) is 1. The third-order valence-corrected chi connectivity index (χ3v) is 5.14. The molecular weight excluding hydrogens is 354 g/mol. The molecule has 3 heterocycles. The molecule has 0 bridgehead atoms. The van der Waals surface area contributed by atoms with Gasteiger partial charge in [0.25, 0.3) is 0 Å². The number of hydrogen-bond acceptors (Lipinski definition) is 5. The first-order valence-electron chi connectivity index (χ1n) is 7.78. The van der Waals surface area contributed by atoms with Gasteiger partial charge in [0.1, 0.15) is 0 Å². The summed E-state index contributed by atoms with van der Waals surface area (Å²) in [7, 11) is -3.75. The largest absolute Gasteiger partial charge is 0.326 e. The molecule has 26 heavy (non-hydrogen) atoms. The summed E-state index contributed by atoms with van der Waals surface area (Å²) in [6.07, 6.45) is 3.33. The number of benzene rings is 1. The van der Waals surface area contributed by atoms with E-state index < -0.39 is 10.0 Å². The standard InChI is InChI=1S/C17H15N5O3S/c1-10-6-14-13(7-19-10)16-15(8-20-14)21-17(23)22(16)9-11-2-4-12(5-3-11)26(18,24)25/h2-8H,9H2,1H3,(H,21,23)(H2,18,24,25). The van der Waals surface area contributed by atoms with Crippen LogP contribution in [0.4, 0.5) is 0 Å². The molecule has 0 radical (unpaired) electrons. The number of pyridine rings is 2. The van der Waals surface area contributed by atoms with Crippen molar-refractivity contribution in [3.05, 3.63) is 64.5 Å². The fraction of sp³-hybridized carbons (Fsp3) is 0.118. The minimum Gasteiger partial charge on any atom is -0.304 e. The summed E-state index contributed by atoms with van der Waals surface area (Å²) in [6, 6.07) is 7.98. The third-order valence-electron chi connectivity index (χ3n) is 4.21. The monoisotopic (exact) mass is 369 g/mol. The van der Waals surface area contributed by atoms with Gasteiger partial charge < -0.3 is 4.98 Å². The lowest BCUT2D eigenvalue weighted by atomic mass is 10.2. The fourth-order valence-electron chi connectivity index (χ4n) is 2.96. The highest BCUT2D eigenvalue weighted by molar-refractivity contribution is 7.89. The van der Waals surface area contributed by atoms with Crippen LogP contribution in [0.25, 0.3) is 21.9 Å². The van der Waals surface area contributed by atoms with Crippen LogP contribution in [-0.2, 0) is 16.6 Å². The number of rotatable bonds is 3. The molecule has 8 nitrogen and oxygen atoms in total. The van der Waals surface area contributed by atoms with E-state index in [1.54, 1.807) is 29.1 Å². The molecule has 4 rings (SSSR count). The molecular formula is C17H15N5O3S. The lowest BCUT2D eigenvalue weighted by Crippen LogP contribution is -2.17. The van der Waals surface area contributed by atoms with Crippen molar-refractivity contribution < 1.29 is 8.42 Å². The quantitative estimate of drug-likeness (QED) is 0.563. The molecule has 0 aliphatic rings. The van der Waals surface area contributed by atoms with Crippen molar-refractivity contribution in [2.75, 3.05) is 0 Å². The molecule has 0 fully saturated rings. The molecule has 0 atom stereocenters. The summed E-state index contributed by atoms with van der Waals surface area (Å²) in [5.41, 5.74) is 3.42. The molecule has 0 saturated carbocycles. The highest BCUT2D eigenvalue weighted by Gasteiger charge is 2.13. The Morgan fingerprint density at radius 3 is 2.58 bits per heavy atom. The van der Waals surface area contributed by atoms with Gasteiger partial charge >= 0.3 is 5.69 Å². The van der Waals surface area contributed by atoms with Crippen molar-refractivity contribution in [2.45, 2.75) is 18.4 Å². The Morgan fingerprint density at radius 1 is 1.15 bits per heavy atom. The van der Waals surface area contributed by atoms with Crippen LogP contribution < -0.4 is 10.8 Å². The van der Waals surface area contributed by atoms with Crippen LogP contribution >= 0.6 is 0 Å². The first-order chi connectivity index (χ1) is 12.3. The Hall–Kier alpha value is -3.04. The van der Waals surface area contributed by atoms with Crippen LogP contribution in [0, 0.1) is 6.92 Å². The number of H-pyrrole nitrogens is 1. The predicted molar refractivity (Wildman–Crippen MR) is 97.3 cm³/mol. The topological polar surface area (TPSA) is 124 Å². The van der Waals surface area contributed by atoms with E-state index in [-0.39, 0.29) is 17.1 Å². The number of fused-ring (bicyclic) bond motifs is 3. The van der Waals surface area contributed by atoms with Crippen molar-refractivity contribution in [3.63, 3.8) is 0 Å². The summed E-state index contributed by atoms with van der Waals surface area (Å²) >= 11 is 0. The Bertz CT molecular complexity index is 1300.